The minimum Gasteiger partial charge on any atom is -0.497 e. The van der Waals surface area contributed by atoms with Crippen LogP contribution in [0.3, 0.4) is 0 Å². The predicted molar refractivity (Wildman–Crippen MR) is 90.2 cm³/mol. The van der Waals surface area contributed by atoms with E-state index in [0.717, 1.165) is 16.0 Å². The summed E-state index contributed by atoms with van der Waals surface area (Å²) in [6.07, 6.45) is 2.99. The molecule has 0 radical (unpaired) electrons. The summed E-state index contributed by atoms with van der Waals surface area (Å²) < 4.78 is 12.0. The van der Waals surface area contributed by atoms with Crippen LogP contribution in [0.1, 0.15) is 5.76 Å². The van der Waals surface area contributed by atoms with Crippen LogP contribution < -0.4 is 10.1 Å². The van der Waals surface area contributed by atoms with Gasteiger partial charge in [-0.05, 0) is 52.3 Å². The molecule has 1 amide bonds. The molecule has 0 spiro atoms. The molecule has 22 heavy (non-hydrogen) atoms. The Labute approximate surface area is 138 Å². The second kappa shape index (κ2) is 6.33. The zero-order chi connectivity index (χ0) is 15.5. The van der Waals surface area contributed by atoms with Gasteiger partial charge >= 0.3 is 0 Å². The van der Waals surface area contributed by atoms with E-state index in [1.54, 1.807) is 25.3 Å². The van der Waals surface area contributed by atoms with Gasteiger partial charge in [0, 0.05) is 6.08 Å². The molecule has 0 unspecified atom stereocenters. The number of nitrogens with one attached hydrogen (secondary N) is 1. The Balaban J connectivity index is 1.72. The van der Waals surface area contributed by atoms with Gasteiger partial charge in [-0.1, -0.05) is 11.3 Å². The van der Waals surface area contributed by atoms with Crippen LogP contribution >= 0.6 is 27.3 Å². The second-order valence-electron chi connectivity index (χ2n) is 4.32. The van der Waals surface area contributed by atoms with Gasteiger partial charge in [-0.25, -0.2) is 4.98 Å². The van der Waals surface area contributed by atoms with E-state index in [-0.39, 0.29) is 5.91 Å². The van der Waals surface area contributed by atoms with Gasteiger partial charge in [0.25, 0.3) is 0 Å². The fourth-order valence-electron chi connectivity index (χ4n) is 1.81. The lowest BCUT2D eigenvalue weighted by Gasteiger charge is -1.96. The Kier molecular flexibility index (Phi) is 4.26. The summed E-state index contributed by atoms with van der Waals surface area (Å²) in [4.78, 5) is 16.2. The molecule has 2 aromatic heterocycles. The van der Waals surface area contributed by atoms with E-state index in [1.807, 2.05) is 18.2 Å². The van der Waals surface area contributed by atoms with Crippen LogP contribution in [0.25, 0.3) is 16.3 Å². The van der Waals surface area contributed by atoms with Gasteiger partial charge in [-0.2, -0.15) is 0 Å². The highest BCUT2D eigenvalue weighted by Crippen LogP contribution is 2.29. The van der Waals surface area contributed by atoms with E-state index < -0.39 is 0 Å². The Hall–Kier alpha value is -2.12. The number of nitrogens with zero attached hydrogens (tertiary/aromatic N) is 1. The molecule has 0 fully saturated rings. The van der Waals surface area contributed by atoms with Crippen molar-refractivity contribution in [3.05, 3.63) is 46.8 Å². The number of rotatable bonds is 4. The first kappa shape index (κ1) is 14.8. The number of carbonyl (C=O) groups excluding carboxylic acids is 1. The molecule has 3 aromatic rings. The van der Waals surface area contributed by atoms with E-state index in [0.29, 0.717) is 15.6 Å². The third-order valence-electron chi connectivity index (χ3n) is 2.82. The molecule has 0 saturated carbocycles. The highest BCUT2D eigenvalue weighted by molar-refractivity contribution is 9.10. The van der Waals surface area contributed by atoms with Crippen molar-refractivity contribution in [3.8, 4) is 5.75 Å². The van der Waals surface area contributed by atoms with Crippen LogP contribution in [0.2, 0.25) is 0 Å². The Morgan fingerprint density at radius 3 is 3.00 bits per heavy atom. The lowest BCUT2D eigenvalue weighted by molar-refractivity contribution is -0.111. The number of amides is 1. The molecule has 3 rings (SSSR count). The molecule has 5 nitrogen and oxygen atoms in total. The van der Waals surface area contributed by atoms with Gasteiger partial charge in [0.2, 0.25) is 5.91 Å². The number of fused-ring (bicyclic) bond motifs is 1. The zero-order valence-electron chi connectivity index (χ0n) is 11.5. The largest absolute Gasteiger partial charge is 0.497 e. The van der Waals surface area contributed by atoms with E-state index >= 15 is 0 Å². The molecule has 0 bridgehead atoms. The first-order chi connectivity index (χ1) is 10.6. The van der Waals surface area contributed by atoms with Crippen molar-refractivity contribution in [2.24, 2.45) is 0 Å². The number of ether oxygens (including phenoxy) is 1. The lowest BCUT2D eigenvalue weighted by Crippen LogP contribution is -2.07. The summed E-state index contributed by atoms with van der Waals surface area (Å²) in [6.45, 7) is 0. The van der Waals surface area contributed by atoms with Gasteiger partial charge in [0.1, 0.15) is 11.5 Å². The van der Waals surface area contributed by atoms with Crippen LogP contribution in [0, 0.1) is 0 Å². The number of methoxy groups -OCH3 is 1. The van der Waals surface area contributed by atoms with Gasteiger partial charge in [0.05, 0.1) is 17.3 Å². The molecule has 0 saturated heterocycles. The number of anilines is 1. The predicted octanol–water partition coefficient (Wildman–Crippen LogP) is 4.31. The van der Waals surface area contributed by atoms with Crippen LogP contribution in [0.5, 0.6) is 5.75 Å². The SMILES string of the molecule is COc1ccc2nc(NC(=O)/C=C/c3ccc(Br)o3)sc2c1. The van der Waals surface area contributed by atoms with Crippen molar-refractivity contribution < 1.29 is 13.9 Å². The van der Waals surface area contributed by atoms with E-state index in [4.69, 9.17) is 9.15 Å². The normalized spacial score (nSPS) is 11.2. The van der Waals surface area contributed by atoms with Gasteiger partial charge in [-0.15, -0.1) is 0 Å². The van der Waals surface area contributed by atoms with Crippen LogP contribution in [0.4, 0.5) is 5.13 Å². The maximum Gasteiger partial charge on any atom is 0.250 e. The summed E-state index contributed by atoms with van der Waals surface area (Å²) in [6, 6.07) is 9.11. The van der Waals surface area contributed by atoms with E-state index in [1.165, 1.54) is 17.4 Å². The van der Waals surface area contributed by atoms with Crippen LogP contribution in [-0.2, 0) is 4.79 Å². The van der Waals surface area contributed by atoms with Gasteiger partial charge in [-0.3, -0.25) is 10.1 Å². The lowest BCUT2D eigenvalue weighted by atomic mass is 10.3. The molecule has 0 aliphatic carbocycles. The van der Waals surface area contributed by atoms with Crippen molar-refractivity contribution in [2.45, 2.75) is 0 Å². The molecule has 0 aliphatic heterocycles. The summed E-state index contributed by atoms with van der Waals surface area (Å²) in [7, 11) is 1.61. The maximum absolute atomic E-state index is 11.9. The number of benzene rings is 1. The second-order valence-corrected chi connectivity index (χ2v) is 6.13. The minimum absolute atomic E-state index is 0.265. The number of thiazole rings is 1. The number of hydrogen-bond acceptors (Lipinski definition) is 5. The average Bonchev–Trinajstić information content (AvgIpc) is 3.09. The summed E-state index contributed by atoms with van der Waals surface area (Å²) in [5.41, 5.74) is 0.819. The number of furan rings is 1. The third-order valence-corrected chi connectivity index (χ3v) is 4.18. The molecular weight excluding hydrogens is 368 g/mol. The summed E-state index contributed by atoms with van der Waals surface area (Å²) in [5, 5.41) is 3.27. The monoisotopic (exact) mass is 378 g/mol. The summed E-state index contributed by atoms with van der Waals surface area (Å²) in [5.74, 6) is 1.09. The Morgan fingerprint density at radius 2 is 2.27 bits per heavy atom. The molecule has 2 heterocycles. The standard InChI is InChI=1S/C15H11BrN2O3S/c1-20-10-2-5-11-12(8-10)22-15(17-11)18-14(19)7-4-9-3-6-13(16)21-9/h2-8H,1H3,(H,17,18,19)/b7-4+. The van der Waals surface area contributed by atoms with Crippen molar-refractivity contribution >= 4 is 54.6 Å². The van der Waals surface area contributed by atoms with Crippen molar-refractivity contribution in [3.63, 3.8) is 0 Å². The van der Waals surface area contributed by atoms with E-state index in [9.17, 15) is 4.79 Å². The molecule has 0 atom stereocenters. The van der Waals surface area contributed by atoms with Gasteiger partial charge in [0.15, 0.2) is 9.80 Å². The molecule has 0 aliphatic rings. The first-order valence-electron chi connectivity index (χ1n) is 6.33. The zero-order valence-corrected chi connectivity index (χ0v) is 13.9. The molecule has 7 heteroatoms. The van der Waals surface area contributed by atoms with Crippen molar-refractivity contribution in [2.75, 3.05) is 12.4 Å². The van der Waals surface area contributed by atoms with Crippen molar-refractivity contribution in [1.29, 1.82) is 0 Å². The highest BCUT2D eigenvalue weighted by atomic mass is 79.9. The van der Waals surface area contributed by atoms with Crippen LogP contribution in [0.15, 0.2) is 45.5 Å². The minimum atomic E-state index is -0.265. The fourth-order valence-corrected chi connectivity index (χ4v) is 3.02. The van der Waals surface area contributed by atoms with Crippen molar-refractivity contribution in [1.82, 2.24) is 4.98 Å². The molecular formula is C15H11BrN2O3S. The van der Waals surface area contributed by atoms with E-state index in [2.05, 4.69) is 26.2 Å². The number of hydrogen-bond donors (Lipinski definition) is 1. The highest BCUT2D eigenvalue weighted by Gasteiger charge is 2.07. The quantitative estimate of drug-likeness (QED) is 0.686. The van der Waals surface area contributed by atoms with Gasteiger partial charge < -0.3 is 9.15 Å². The van der Waals surface area contributed by atoms with Crippen LogP contribution in [-0.4, -0.2) is 18.0 Å². The molecule has 1 N–H and O–H groups in total. The Bertz CT molecular complexity index is 853. The first-order valence-corrected chi connectivity index (χ1v) is 7.94. The third kappa shape index (κ3) is 3.37. The fraction of sp³-hybridized carbons (Fsp3) is 0.0667. The number of aromatic nitrogens is 1. The maximum atomic E-state index is 11.9. The average molecular weight is 379 g/mol. The smallest absolute Gasteiger partial charge is 0.250 e. The summed E-state index contributed by atoms with van der Waals surface area (Å²) >= 11 is 4.60. The number of carbonyl (C=O) groups is 1. The number of halogens is 1. The molecule has 1 aromatic carbocycles. The topological polar surface area (TPSA) is 64.4 Å². The molecule has 112 valence electrons. The Morgan fingerprint density at radius 1 is 1.41 bits per heavy atom.